The minimum atomic E-state index is -0.486. The monoisotopic (exact) mass is 276 g/mol. The molecule has 1 aromatic carbocycles. The Morgan fingerprint density at radius 3 is 3.11 bits per heavy atom. The quantitative estimate of drug-likeness (QED) is 0.792. The van der Waals surface area contributed by atoms with E-state index >= 15 is 0 Å². The van der Waals surface area contributed by atoms with Crippen molar-refractivity contribution in [3.63, 3.8) is 0 Å². The number of carbonyl (C=O) groups is 1. The van der Waals surface area contributed by atoms with Gasteiger partial charge in [0.2, 0.25) is 0 Å². The Balaban J connectivity index is 2.07. The molecule has 5 heteroatoms. The zero-order chi connectivity index (χ0) is 13.7. The molecule has 1 heterocycles. The number of para-hydroxylation sites is 1. The summed E-state index contributed by atoms with van der Waals surface area (Å²) in [5, 5.41) is 8.78. The van der Waals surface area contributed by atoms with Gasteiger partial charge in [-0.3, -0.25) is 4.79 Å². The lowest BCUT2D eigenvalue weighted by Crippen LogP contribution is -2.44. The number of carbonyl (C=O) groups excluding carboxylic acids is 1. The van der Waals surface area contributed by atoms with Gasteiger partial charge in [-0.15, -0.1) is 11.8 Å². The number of nitrogens with zero attached hydrogens (tertiary/aromatic N) is 2. The van der Waals surface area contributed by atoms with Crippen molar-refractivity contribution in [2.45, 2.75) is 24.3 Å². The van der Waals surface area contributed by atoms with E-state index in [0.29, 0.717) is 12.3 Å². The Morgan fingerprint density at radius 2 is 2.37 bits per heavy atom. The van der Waals surface area contributed by atoms with Crippen LogP contribution in [0.3, 0.4) is 0 Å². The first-order valence-electron chi connectivity index (χ1n) is 6.30. The molecule has 0 saturated heterocycles. The fourth-order valence-corrected chi connectivity index (χ4v) is 2.94. The van der Waals surface area contributed by atoms with E-state index in [9.17, 15) is 4.79 Å². The van der Waals surface area contributed by atoms with Gasteiger partial charge in [-0.1, -0.05) is 19.1 Å². The van der Waals surface area contributed by atoms with E-state index in [1.165, 1.54) is 0 Å². The van der Waals surface area contributed by atoms with Gasteiger partial charge < -0.3 is 9.64 Å². The third-order valence-electron chi connectivity index (χ3n) is 2.85. The summed E-state index contributed by atoms with van der Waals surface area (Å²) in [5.74, 6) is 1.26. The number of hydrogen-bond acceptors (Lipinski definition) is 4. The summed E-state index contributed by atoms with van der Waals surface area (Å²) in [5.41, 5.74) is 0. The number of ether oxygens (including phenoxy) is 1. The molecule has 1 aromatic rings. The number of benzene rings is 1. The van der Waals surface area contributed by atoms with Crippen molar-refractivity contribution in [3.05, 3.63) is 24.3 Å². The molecule has 0 N–H and O–H groups in total. The number of rotatable bonds is 4. The summed E-state index contributed by atoms with van der Waals surface area (Å²) < 4.78 is 5.75. The Bertz CT molecular complexity index is 498. The number of nitriles is 1. The largest absolute Gasteiger partial charge is 0.479 e. The highest BCUT2D eigenvalue weighted by Crippen LogP contribution is 2.35. The second-order valence-electron chi connectivity index (χ2n) is 4.28. The molecule has 1 aliphatic heterocycles. The van der Waals surface area contributed by atoms with Crippen molar-refractivity contribution in [2.24, 2.45) is 0 Å². The van der Waals surface area contributed by atoms with E-state index < -0.39 is 6.10 Å². The molecule has 4 nitrogen and oxygen atoms in total. The maximum absolute atomic E-state index is 12.3. The Kier molecular flexibility index (Phi) is 4.69. The molecule has 1 amide bonds. The lowest BCUT2D eigenvalue weighted by atomic mass is 10.3. The standard InChI is InChI=1S/C14H16N2O2S/c1-2-8-16(9-7-15)14(17)12-10-19-13-6-4-3-5-11(13)18-12/h3-6,12H,2,8-10H2,1H3/t12-/m0/s1. The van der Waals surface area contributed by atoms with Gasteiger partial charge in [-0.2, -0.15) is 5.26 Å². The number of thioether (sulfide) groups is 1. The van der Waals surface area contributed by atoms with Crippen LogP contribution in [0.1, 0.15) is 13.3 Å². The smallest absolute Gasteiger partial charge is 0.265 e. The van der Waals surface area contributed by atoms with Crippen LogP contribution in [0.4, 0.5) is 0 Å². The van der Waals surface area contributed by atoms with Gasteiger partial charge in [0.15, 0.2) is 6.10 Å². The summed E-state index contributed by atoms with van der Waals surface area (Å²) in [4.78, 5) is 15.0. The first kappa shape index (κ1) is 13.8. The fourth-order valence-electron chi connectivity index (χ4n) is 1.97. The predicted molar refractivity (Wildman–Crippen MR) is 74.1 cm³/mol. The van der Waals surface area contributed by atoms with E-state index in [1.54, 1.807) is 16.7 Å². The second kappa shape index (κ2) is 6.48. The van der Waals surface area contributed by atoms with Crippen LogP contribution in [0, 0.1) is 11.3 Å². The Hall–Kier alpha value is -1.67. The average Bonchev–Trinajstić information content (AvgIpc) is 2.46. The molecule has 100 valence electrons. The normalized spacial score (nSPS) is 16.9. The molecule has 0 unspecified atom stereocenters. The molecular formula is C14H16N2O2S. The van der Waals surface area contributed by atoms with Crippen molar-refractivity contribution in [1.82, 2.24) is 4.90 Å². The third kappa shape index (κ3) is 3.21. The van der Waals surface area contributed by atoms with E-state index in [4.69, 9.17) is 10.00 Å². The fraction of sp³-hybridized carbons (Fsp3) is 0.429. The van der Waals surface area contributed by atoms with Gasteiger partial charge in [0.1, 0.15) is 12.3 Å². The number of amides is 1. The molecule has 2 rings (SSSR count). The van der Waals surface area contributed by atoms with E-state index in [2.05, 4.69) is 0 Å². The van der Waals surface area contributed by atoms with E-state index in [0.717, 1.165) is 17.1 Å². The average molecular weight is 276 g/mol. The van der Waals surface area contributed by atoms with Gasteiger partial charge in [-0.05, 0) is 18.6 Å². The number of fused-ring (bicyclic) bond motifs is 1. The minimum absolute atomic E-state index is 0.0922. The molecule has 0 fully saturated rings. The summed E-state index contributed by atoms with van der Waals surface area (Å²) in [6, 6.07) is 9.74. The first-order chi connectivity index (χ1) is 9.26. The highest BCUT2D eigenvalue weighted by molar-refractivity contribution is 7.99. The topological polar surface area (TPSA) is 53.3 Å². The molecular weight excluding hydrogens is 260 g/mol. The van der Waals surface area contributed by atoms with Crippen LogP contribution in [0.5, 0.6) is 5.75 Å². The van der Waals surface area contributed by atoms with Crippen LogP contribution in [0.25, 0.3) is 0 Å². The van der Waals surface area contributed by atoms with E-state index in [1.807, 2.05) is 37.3 Å². The van der Waals surface area contributed by atoms with Crippen molar-refractivity contribution in [3.8, 4) is 11.8 Å². The molecule has 19 heavy (non-hydrogen) atoms. The zero-order valence-corrected chi connectivity index (χ0v) is 11.7. The highest BCUT2D eigenvalue weighted by Gasteiger charge is 2.29. The summed E-state index contributed by atoms with van der Waals surface area (Å²) in [6.45, 7) is 2.71. The van der Waals surface area contributed by atoms with Crippen LogP contribution in [0.15, 0.2) is 29.2 Å². The Morgan fingerprint density at radius 1 is 1.58 bits per heavy atom. The molecule has 0 bridgehead atoms. The van der Waals surface area contributed by atoms with Crippen LogP contribution < -0.4 is 4.74 Å². The lowest BCUT2D eigenvalue weighted by Gasteiger charge is -2.29. The summed E-state index contributed by atoms with van der Waals surface area (Å²) in [6.07, 6.45) is 0.351. The second-order valence-corrected chi connectivity index (χ2v) is 5.34. The van der Waals surface area contributed by atoms with Gasteiger partial charge >= 0.3 is 0 Å². The molecule has 0 saturated carbocycles. The highest BCUT2D eigenvalue weighted by atomic mass is 32.2. The number of hydrogen-bond donors (Lipinski definition) is 0. The SMILES string of the molecule is CCCN(CC#N)C(=O)[C@@H]1CSc2ccccc2O1. The van der Waals surface area contributed by atoms with Crippen LogP contribution in [-0.4, -0.2) is 35.8 Å². The molecule has 1 aliphatic rings. The van der Waals surface area contributed by atoms with Crippen molar-refractivity contribution in [2.75, 3.05) is 18.8 Å². The van der Waals surface area contributed by atoms with Crippen LogP contribution in [-0.2, 0) is 4.79 Å². The van der Waals surface area contributed by atoms with Crippen molar-refractivity contribution >= 4 is 17.7 Å². The van der Waals surface area contributed by atoms with Crippen molar-refractivity contribution in [1.29, 1.82) is 5.26 Å². The van der Waals surface area contributed by atoms with Gasteiger partial charge in [0.05, 0.1) is 6.07 Å². The molecule has 0 spiro atoms. The molecule has 1 atom stereocenters. The predicted octanol–water partition coefficient (Wildman–Crippen LogP) is 2.30. The van der Waals surface area contributed by atoms with Crippen LogP contribution >= 0.6 is 11.8 Å². The van der Waals surface area contributed by atoms with E-state index in [-0.39, 0.29) is 12.5 Å². The molecule has 0 aliphatic carbocycles. The zero-order valence-electron chi connectivity index (χ0n) is 10.8. The maximum atomic E-state index is 12.3. The first-order valence-corrected chi connectivity index (χ1v) is 7.29. The molecule has 0 aromatic heterocycles. The third-order valence-corrected chi connectivity index (χ3v) is 3.97. The van der Waals surface area contributed by atoms with Crippen LogP contribution in [0.2, 0.25) is 0 Å². The van der Waals surface area contributed by atoms with Gasteiger partial charge in [-0.25, -0.2) is 0 Å². The van der Waals surface area contributed by atoms with Gasteiger partial charge in [0, 0.05) is 17.2 Å². The molecule has 0 radical (unpaired) electrons. The van der Waals surface area contributed by atoms with Crippen molar-refractivity contribution < 1.29 is 9.53 Å². The Labute approximate surface area is 117 Å². The summed E-state index contributed by atoms with van der Waals surface area (Å²) >= 11 is 1.62. The lowest BCUT2D eigenvalue weighted by molar-refractivity contribution is -0.137. The van der Waals surface area contributed by atoms with Gasteiger partial charge in [0.25, 0.3) is 5.91 Å². The minimum Gasteiger partial charge on any atom is -0.479 e. The summed E-state index contributed by atoms with van der Waals surface area (Å²) in [7, 11) is 0. The maximum Gasteiger partial charge on any atom is 0.265 e.